The molecule has 3 N–H and O–H groups in total. The Balaban J connectivity index is 5.16. The molecule has 0 aliphatic carbocycles. The van der Waals surface area contributed by atoms with Crippen LogP contribution in [-0.4, -0.2) is 96.7 Å². The van der Waals surface area contributed by atoms with E-state index in [4.69, 9.17) is 37.0 Å². The number of carbonyl (C=O) groups is 4. The molecule has 0 amide bonds. The van der Waals surface area contributed by atoms with Crippen LogP contribution >= 0.6 is 15.6 Å². The molecule has 0 spiro atoms. The second-order valence-corrected chi connectivity index (χ2v) is 28.2. The molecule has 0 radical (unpaired) electrons. The summed E-state index contributed by atoms with van der Waals surface area (Å²) in [5, 5.41) is 10.5. The predicted octanol–water partition coefficient (Wildman–Crippen LogP) is 19.2. The molecule has 0 heterocycles. The van der Waals surface area contributed by atoms with Crippen molar-refractivity contribution in [1.29, 1.82) is 0 Å². The molecule has 87 heavy (non-hydrogen) atoms. The van der Waals surface area contributed by atoms with Gasteiger partial charge in [0.15, 0.2) is 12.2 Å². The van der Waals surface area contributed by atoms with Crippen LogP contribution in [0.5, 0.6) is 0 Å². The largest absolute Gasteiger partial charge is 0.472 e. The van der Waals surface area contributed by atoms with Crippen LogP contribution in [0.4, 0.5) is 0 Å². The van der Waals surface area contributed by atoms with Gasteiger partial charge >= 0.3 is 39.5 Å². The van der Waals surface area contributed by atoms with Crippen LogP contribution in [0.1, 0.15) is 343 Å². The van der Waals surface area contributed by atoms with E-state index >= 15 is 0 Å². The average Bonchev–Trinajstić information content (AvgIpc) is 3.70. The van der Waals surface area contributed by atoms with Gasteiger partial charge in [-0.2, -0.15) is 0 Å². The normalized spacial score (nSPS) is 14.5. The lowest BCUT2D eigenvalue weighted by molar-refractivity contribution is -0.161. The Bertz CT molecular complexity index is 1700. The van der Waals surface area contributed by atoms with E-state index in [0.717, 1.165) is 108 Å². The van der Waals surface area contributed by atoms with Crippen LogP contribution < -0.4 is 0 Å². The van der Waals surface area contributed by atoms with Gasteiger partial charge in [-0.1, -0.05) is 292 Å². The molecule has 0 bridgehead atoms. The number of esters is 4. The fourth-order valence-corrected chi connectivity index (χ4v) is 11.8. The molecule has 0 saturated heterocycles. The van der Waals surface area contributed by atoms with E-state index in [1.165, 1.54) is 154 Å². The molecule has 0 aromatic heterocycles. The first-order valence-corrected chi connectivity index (χ1v) is 38.5. The van der Waals surface area contributed by atoms with Gasteiger partial charge in [0.1, 0.15) is 19.3 Å². The lowest BCUT2D eigenvalue weighted by Gasteiger charge is -2.21. The molecule has 0 aliphatic heterocycles. The first kappa shape index (κ1) is 85.1. The summed E-state index contributed by atoms with van der Waals surface area (Å²) in [5.74, 6) is -0.521. The van der Waals surface area contributed by atoms with E-state index in [1.807, 2.05) is 0 Å². The number of aliphatic hydroxyl groups is 1. The first-order valence-electron chi connectivity index (χ1n) is 35.5. The molecule has 3 unspecified atom stereocenters. The zero-order chi connectivity index (χ0) is 64.3. The zero-order valence-electron chi connectivity index (χ0n) is 56.3. The lowest BCUT2D eigenvalue weighted by Crippen LogP contribution is -2.30. The Morgan fingerprint density at radius 3 is 0.874 bits per heavy atom. The molecule has 0 aromatic rings. The first-order chi connectivity index (χ1) is 41.9. The van der Waals surface area contributed by atoms with Gasteiger partial charge < -0.3 is 33.8 Å². The minimum atomic E-state index is -4.95. The number of ether oxygens (including phenoxy) is 4. The van der Waals surface area contributed by atoms with Gasteiger partial charge in [0.05, 0.1) is 26.4 Å². The van der Waals surface area contributed by atoms with Gasteiger partial charge in [-0.15, -0.1) is 0 Å². The van der Waals surface area contributed by atoms with Crippen molar-refractivity contribution in [2.75, 3.05) is 39.6 Å². The molecule has 17 nitrogen and oxygen atoms in total. The minimum Gasteiger partial charge on any atom is -0.462 e. The highest BCUT2D eigenvalue weighted by Crippen LogP contribution is 2.45. The van der Waals surface area contributed by atoms with E-state index in [-0.39, 0.29) is 25.7 Å². The topological polar surface area (TPSA) is 237 Å². The van der Waals surface area contributed by atoms with Crippen LogP contribution in [0, 0.1) is 11.8 Å². The van der Waals surface area contributed by atoms with E-state index in [0.29, 0.717) is 25.7 Å². The van der Waals surface area contributed by atoms with Gasteiger partial charge in [-0.05, 0) is 37.5 Å². The Labute approximate surface area is 530 Å². The zero-order valence-corrected chi connectivity index (χ0v) is 58.1. The molecule has 19 heteroatoms. The smallest absolute Gasteiger partial charge is 0.462 e. The van der Waals surface area contributed by atoms with Crippen molar-refractivity contribution >= 4 is 39.5 Å². The molecule has 0 aliphatic rings. The number of phosphoric ester groups is 2. The fourth-order valence-electron chi connectivity index (χ4n) is 10.2. The molecule has 516 valence electrons. The molecule has 0 saturated carbocycles. The Kier molecular flexibility index (Phi) is 59.0. The summed E-state index contributed by atoms with van der Waals surface area (Å²) >= 11 is 0. The number of carbonyl (C=O) groups excluding carboxylic acids is 4. The third kappa shape index (κ3) is 61.3. The second kappa shape index (κ2) is 60.3. The lowest BCUT2D eigenvalue weighted by atomic mass is 9.99. The second-order valence-electron chi connectivity index (χ2n) is 25.3. The number of aliphatic hydroxyl groups excluding tert-OH is 1. The van der Waals surface area contributed by atoms with Gasteiger partial charge in [-0.3, -0.25) is 37.3 Å². The molecule has 6 atom stereocenters. The van der Waals surface area contributed by atoms with Crippen molar-refractivity contribution in [3.8, 4) is 0 Å². The van der Waals surface area contributed by atoms with Gasteiger partial charge in [0, 0.05) is 25.7 Å². The van der Waals surface area contributed by atoms with Crippen LogP contribution in [0.15, 0.2) is 0 Å². The van der Waals surface area contributed by atoms with Crippen molar-refractivity contribution in [3.05, 3.63) is 0 Å². The van der Waals surface area contributed by atoms with Crippen molar-refractivity contribution in [3.63, 3.8) is 0 Å². The summed E-state index contributed by atoms with van der Waals surface area (Å²) in [6.45, 7) is 9.49. The Hall–Kier alpha value is -1.94. The summed E-state index contributed by atoms with van der Waals surface area (Å²) in [4.78, 5) is 72.1. The molecule has 0 aromatic carbocycles. The standard InChI is InChI=1S/C68H132O17P2/c1-7-10-12-14-15-16-28-34-40-46-52-67(72)84-63(56-78-65(70)50-44-36-13-11-8-2)58-82-86(74,75)80-54-62(69)55-81-87(76,77)83-59-64(57-79-66(71)51-45-39-33-29-25-21-22-26-31-37-42-48-60(4)5)85-68(73)53-47-41-35-30-24-20-18-17-19-23-27-32-38-43-49-61(6)9-3/h60-64,69H,7-59H2,1-6H3,(H,74,75)(H,76,77)/t61?,62-,63+,64+/m0/s1. The number of rotatable bonds is 67. The van der Waals surface area contributed by atoms with E-state index in [1.54, 1.807) is 0 Å². The molecular weight excluding hydrogens is 1150 g/mol. The van der Waals surface area contributed by atoms with Crippen LogP contribution in [0.3, 0.4) is 0 Å². The van der Waals surface area contributed by atoms with Gasteiger partial charge in [0.25, 0.3) is 0 Å². The highest BCUT2D eigenvalue weighted by atomic mass is 31.2. The maximum absolute atomic E-state index is 13.0. The number of phosphoric acid groups is 2. The number of unbranched alkanes of at least 4 members (excludes halogenated alkanes) is 36. The van der Waals surface area contributed by atoms with Crippen LogP contribution in [0.25, 0.3) is 0 Å². The quantitative estimate of drug-likeness (QED) is 0.0222. The average molecular weight is 1280 g/mol. The Morgan fingerprint density at radius 2 is 0.586 bits per heavy atom. The monoisotopic (exact) mass is 1280 g/mol. The SMILES string of the molecule is CCCCCCCCCCCCC(=O)O[C@H](COC(=O)CCCCCCC)COP(=O)(O)OC[C@H](O)COP(=O)(O)OC[C@@H](COC(=O)CCCCCCCCCCCCCC(C)C)OC(=O)CCCCCCCCCCCCCCCCC(C)CC. The van der Waals surface area contributed by atoms with Crippen molar-refractivity contribution in [2.24, 2.45) is 11.8 Å². The van der Waals surface area contributed by atoms with E-state index < -0.39 is 97.5 Å². The van der Waals surface area contributed by atoms with Gasteiger partial charge in [0.2, 0.25) is 0 Å². The minimum absolute atomic E-state index is 0.105. The summed E-state index contributed by atoms with van der Waals surface area (Å²) in [7, 11) is -9.88. The number of hydrogen-bond donors (Lipinski definition) is 3. The third-order valence-electron chi connectivity index (χ3n) is 16.1. The third-order valence-corrected chi connectivity index (χ3v) is 18.0. The summed E-state index contributed by atoms with van der Waals surface area (Å²) in [6.07, 6.45) is 44.7. The molecular formula is C68H132O17P2. The predicted molar refractivity (Wildman–Crippen MR) is 349 cm³/mol. The van der Waals surface area contributed by atoms with Gasteiger partial charge in [-0.25, -0.2) is 9.13 Å². The molecule has 0 rings (SSSR count). The highest BCUT2D eigenvalue weighted by molar-refractivity contribution is 7.47. The van der Waals surface area contributed by atoms with Crippen molar-refractivity contribution in [1.82, 2.24) is 0 Å². The summed E-state index contributed by atoms with van der Waals surface area (Å²) in [6, 6.07) is 0. The van der Waals surface area contributed by atoms with Crippen LogP contribution in [-0.2, 0) is 65.4 Å². The fraction of sp³-hybridized carbons (Fsp3) is 0.941. The van der Waals surface area contributed by atoms with Crippen LogP contribution in [0.2, 0.25) is 0 Å². The summed E-state index contributed by atoms with van der Waals surface area (Å²) < 4.78 is 68.0. The summed E-state index contributed by atoms with van der Waals surface area (Å²) in [5.41, 5.74) is 0. The molecule has 0 fully saturated rings. The highest BCUT2D eigenvalue weighted by Gasteiger charge is 2.30. The maximum atomic E-state index is 13.0. The Morgan fingerprint density at radius 1 is 0.333 bits per heavy atom. The van der Waals surface area contributed by atoms with Crippen molar-refractivity contribution in [2.45, 2.75) is 362 Å². The number of hydrogen-bond acceptors (Lipinski definition) is 15. The van der Waals surface area contributed by atoms with Crippen molar-refractivity contribution < 1.29 is 80.2 Å². The van der Waals surface area contributed by atoms with E-state index in [9.17, 15) is 43.2 Å². The maximum Gasteiger partial charge on any atom is 0.472 e. The van der Waals surface area contributed by atoms with E-state index in [2.05, 4.69) is 41.5 Å².